The Morgan fingerprint density at radius 1 is 1.37 bits per heavy atom. The van der Waals surface area contributed by atoms with Crippen LogP contribution in [0.3, 0.4) is 0 Å². The van der Waals surface area contributed by atoms with Crippen LogP contribution in [0, 0.1) is 11.7 Å². The molecule has 2 N–H and O–H groups in total. The Kier molecular flexibility index (Phi) is 6.22. The molecule has 1 aromatic carbocycles. The molecular weight excluding hydrogens is 419 g/mol. The third-order valence-corrected chi connectivity index (χ3v) is 5.50. The summed E-state index contributed by atoms with van der Waals surface area (Å²) in [7, 11) is -3.25. The zero-order valence-electron chi connectivity index (χ0n) is 16.3. The molecule has 0 fully saturated rings. The Balaban J connectivity index is 1.94. The number of hydrogen-bond donors (Lipinski definition) is 2. The van der Waals surface area contributed by atoms with Crippen molar-refractivity contribution < 1.29 is 26.9 Å². The van der Waals surface area contributed by atoms with Crippen LogP contribution in [0.25, 0.3) is 11.6 Å². The predicted octanol–water partition coefficient (Wildman–Crippen LogP) is 1.85. The highest BCUT2D eigenvalue weighted by Gasteiger charge is 2.29. The highest BCUT2D eigenvalue weighted by Crippen LogP contribution is 2.25. The number of nitrogens with one attached hydrogen (secondary N) is 2. The van der Waals surface area contributed by atoms with Crippen molar-refractivity contribution in [1.29, 1.82) is 0 Å². The number of carbonyl (C=O) groups is 1. The van der Waals surface area contributed by atoms with Gasteiger partial charge in [0.05, 0.1) is 12.7 Å². The number of methoxy groups -OCH3 is 1. The van der Waals surface area contributed by atoms with Crippen molar-refractivity contribution in [3.05, 3.63) is 41.8 Å². The van der Waals surface area contributed by atoms with Crippen molar-refractivity contribution in [2.75, 3.05) is 7.11 Å². The van der Waals surface area contributed by atoms with Crippen LogP contribution in [0.2, 0.25) is 0 Å². The smallest absolute Gasteiger partial charge is 0.337 e. The number of halogens is 1. The number of sulfonamides is 1. The van der Waals surface area contributed by atoms with E-state index in [0.29, 0.717) is 0 Å². The number of esters is 1. The maximum absolute atomic E-state index is 14.3. The minimum absolute atomic E-state index is 0.0248. The molecule has 0 aliphatic heterocycles. The van der Waals surface area contributed by atoms with Gasteiger partial charge in [0.2, 0.25) is 21.7 Å². The van der Waals surface area contributed by atoms with Gasteiger partial charge < -0.3 is 9.26 Å². The van der Waals surface area contributed by atoms with Gasteiger partial charge in [-0.2, -0.15) is 14.8 Å². The fraction of sp³-hybridized carbons (Fsp3) is 0.353. The number of hydrogen-bond acceptors (Lipinski definition) is 9. The van der Waals surface area contributed by atoms with Gasteiger partial charge in [-0.3, -0.25) is 5.10 Å². The zero-order chi connectivity index (χ0) is 21.9. The number of aromatic amines is 1. The van der Waals surface area contributed by atoms with E-state index in [9.17, 15) is 17.6 Å². The Morgan fingerprint density at radius 3 is 2.77 bits per heavy atom. The maximum atomic E-state index is 14.3. The van der Waals surface area contributed by atoms with Crippen molar-refractivity contribution >= 4 is 16.0 Å². The first kappa shape index (κ1) is 21.5. The van der Waals surface area contributed by atoms with Crippen LogP contribution < -0.4 is 4.72 Å². The fourth-order valence-corrected chi connectivity index (χ4v) is 3.97. The number of nitrogens with zero attached hydrogens (tertiary/aromatic N) is 4. The van der Waals surface area contributed by atoms with E-state index in [1.807, 2.05) is 13.8 Å². The molecule has 0 aliphatic rings. The first-order valence-electron chi connectivity index (χ1n) is 8.80. The zero-order valence-corrected chi connectivity index (χ0v) is 17.1. The van der Waals surface area contributed by atoms with E-state index in [1.54, 1.807) is 0 Å². The Morgan fingerprint density at radius 2 is 2.13 bits per heavy atom. The highest BCUT2D eigenvalue weighted by molar-refractivity contribution is 7.89. The van der Waals surface area contributed by atoms with E-state index in [-0.39, 0.29) is 35.4 Å². The van der Waals surface area contributed by atoms with Crippen LogP contribution >= 0.6 is 0 Å². The molecule has 3 rings (SSSR count). The van der Waals surface area contributed by atoms with Gasteiger partial charge >= 0.3 is 5.97 Å². The average molecular weight is 438 g/mol. The monoisotopic (exact) mass is 438 g/mol. The number of benzene rings is 1. The van der Waals surface area contributed by atoms with Crippen LogP contribution in [0.1, 0.15) is 42.6 Å². The quantitative estimate of drug-likeness (QED) is 0.502. The van der Waals surface area contributed by atoms with Gasteiger partial charge in [-0.1, -0.05) is 19.0 Å². The molecule has 0 saturated carbocycles. The summed E-state index contributed by atoms with van der Waals surface area (Å²) in [6, 6.07) is 1.98. The SMILES string of the molecule is COC(=O)c1ccc(F)c(S(=O)(=O)NC(CC(C)C)c2nc(-c3ncn[nH]3)no2)c1. The number of ether oxygens (including phenoxy) is 1. The van der Waals surface area contributed by atoms with E-state index in [2.05, 4.69) is 34.8 Å². The number of carbonyl (C=O) groups excluding carboxylic acids is 1. The third kappa shape index (κ3) is 4.68. The second-order valence-electron chi connectivity index (χ2n) is 6.73. The van der Waals surface area contributed by atoms with Gasteiger partial charge in [0.1, 0.15) is 23.1 Å². The summed E-state index contributed by atoms with van der Waals surface area (Å²) in [5.41, 5.74) is -0.106. The maximum Gasteiger partial charge on any atom is 0.337 e. The molecule has 0 spiro atoms. The van der Waals surface area contributed by atoms with E-state index < -0.39 is 32.7 Å². The molecule has 2 heterocycles. The molecule has 0 amide bonds. The van der Waals surface area contributed by atoms with E-state index in [4.69, 9.17) is 4.52 Å². The topological polar surface area (TPSA) is 153 Å². The van der Waals surface area contributed by atoms with E-state index in [0.717, 1.165) is 25.3 Å². The Hall–Kier alpha value is -3.19. The second kappa shape index (κ2) is 8.67. The van der Waals surface area contributed by atoms with E-state index >= 15 is 0 Å². The molecule has 0 bridgehead atoms. The van der Waals surface area contributed by atoms with Gasteiger partial charge in [0, 0.05) is 0 Å². The number of aromatic nitrogens is 5. The molecular formula is C17H19FN6O5S. The normalized spacial score (nSPS) is 12.8. The Bertz CT molecular complexity index is 1130. The molecule has 1 atom stereocenters. The summed E-state index contributed by atoms with van der Waals surface area (Å²) < 4.78 is 52.2. The number of H-pyrrole nitrogens is 1. The largest absolute Gasteiger partial charge is 0.465 e. The lowest BCUT2D eigenvalue weighted by atomic mass is 10.0. The van der Waals surface area contributed by atoms with Crippen LogP contribution in [0.4, 0.5) is 4.39 Å². The molecule has 0 saturated heterocycles. The first-order chi connectivity index (χ1) is 14.2. The molecule has 11 nitrogen and oxygen atoms in total. The van der Waals surface area contributed by atoms with Crippen molar-refractivity contribution in [2.24, 2.45) is 5.92 Å². The second-order valence-corrected chi connectivity index (χ2v) is 8.41. The molecule has 30 heavy (non-hydrogen) atoms. The van der Waals surface area contributed by atoms with Crippen LogP contribution in [0.15, 0.2) is 33.9 Å². The van der Waals surface area contributed by atoms with Crippen molar-refractivity contribution in [3.8, 4) is 11.6 Å². The van der Waals surface area contributed by atoms with Crippen molar-refractivity contribution in [1.82, 2.24) is 30.0 Å². The van der Waals surface area contributed by atoms with Gasteiger partial charge in [-0.25, -0.2) is 22.6 Å². The lowest BCUT2D eigenvalue weighted by molar-refractivity contribution is 0.0600. The molecule has 1 unspecified atom stereocenters. The van der Waals surface area contributed by atoms with Crippen molar-refractivity contribution in [3.63, 3.8) is 0 Å². The molecule has 160 valence electrons. The Labute approximate surface area is 171 Å². The summed E-state index contributed by atoms with van der Waals surface area (Å²) >= 11 is 0. The standard InChI is InChI=1S/C17H19FN6O5S/c1-9(2)6-12(16-21-15(23-29-16)14-19-8-20-22-14)24-30(26,27)13-7-10(17(25)28-3)4-5-11(13)18/h4-5,7-9,12,24H,6H2,1-3H3,(H,19,20,22). The molecule has 3 aromatic rings. The van der Waals surface area contributed by atoms with Gasteiger partial charge in [0.25, 0.3) is 0 Å². The summed E-state index contributed by atoms with van der Waals surface area (Å²) in [5, 5.41) is 10.0. The van der Waals surface area contributed by atoms with E-state index in [1.165, 1.54) is 6.33 Å². The first-order valence-corrected chi connectivity index (χ1v) is 10.3. The lowest BCUT2D eigenvalue weighted by Gasteiger charge is -2.17. The molecule has 2 aromatic heterocycles. The van der Waals surface area contributed by atoms with Crippen LogP contribution in [0.5, 0.6) is 0 Å². The van der Waals surface area contributed by atoms with Gasteiger partial charge in [-0.05, 0) is 30.5 Å². The molecule has 0 aliphatic carbocycles. The van der Waals surface area contributed by atoms with Crippen LogP contribution in [-0.2, 0) is 14.8 Å². The minimum atomic E-state index is -4.39. The van der Waals surface area contributed by atoms with Crippen molar-refractivity contribution in [2.45, 2.75) is 31.2 Å². The van der Waals surface area contributed by atoms with Crippen LogP contribution in [-0.4, -0.2) is 46.8 Å². The summed E-state index contributed by atoms with van der Waals surface area (Å²) in [5.74, 6) is -1.47. The summed E-state index contributed by atoms with van der Waals surface area (Å²) in [6.45, 7) is 3.74. The van der Waals surface area contributed by atoms with Gasteiger partial charge in [0.15, 0.2) is 5.82 Å². The molecule has 0 radical (unpaired) electrons. The van der Waals surface area contributed by atoms with Gasteiger partial charge in [-0.15, -0.1) is 0 Å². The minimum Gasteiger partial charge on any atom is -0.465 e. The third-order valence-electron chi connectivity index (χ3n) is 4.01. The number of rotatable bonds is 8. The summed E-state index contributed by atoms with van der Waals surface area (Å²) in [6.07, 6.45) is 1.55. The lowest BCUT2D eigenvalue weighted by Crippen LogP contribution is -2.30. The summed E-state index contributed by atoms with van der Waals surface area (Å²) in [4.78, 5) is 19.1. The predicted molar refractivity (Wildman–Crippen MR) is 99.9 cm³/mol. The average Bonchev–Trinajstić information content (AvgIpc) is 3.38. The fourth-order valence-electron chi connectivity index (χ4n) is 2.66. The molecule has 13 heteroatoms. The highest BCUT2D eigenvalue weighted by atomic mass is 32.2.